The summed E-state index contributed by atoms with van der Waals surface area (Å²) in [6.45, 7) is 2.17. The molecule has 0 saturated carbocycles. The highest BCUT2D eigenvalue weighted by molar-refractivity contribution is 9.10. The van der Waals surface area contributed by atoms with Crippen molar-refractivity contribution >= 4 is 15.9 Å². The Bertz CT molecular complexity index is 485. The molecule has 0 bridgehead atoms. The maximum atomic E-state index is 5.21. The molecule has 1 atom stereocenters. The van der Waals surface area contributed by atoms with Crippen molar-refractivity contribution in [2.75, 3.05) is 7.11 Å². The molecule has 1 heterocycles. The maximum absolute atomic E-state index is 5.21. The largest absolute Gasteiger partial charge is 0.496 e. The molecule has 1 aromatic heterocycles. The molecule has 5 heteroatoms. The lowest BCUT2D eigenvalue weighted by Crippen LogP contribution is -1.99. The topological polar surface area (TPSA) is 50.8 Å². The lowest BCUT2D eigenvalue weighted by Gasteiger charge is -2.12. The Morgan fingerprint density at radius 2 is 2.29 bits per heavy atom. The fourth-order valence-corrected chi connectivity index (χ4v) is 2.30. The minimum atomic E-state index is 0.391. The first-order chi connectivity index (χ1) is 8.20. The molecule has 90 valence electrons. The van der Waals surface area contributed by atoms with Crippen molar-refractivity contribution in [3.05, 3.63) is 40.1 Å². The Labute approximate surface area is 109 Å². The Kier molecular flexibility index (Phi) is 3.78. The van der Waals surface area contributed by atoms with Gasteiger partial charge in [-0.25, -0.2) is 0 Å². The van der Waals surface area contributed by atoms with E-state index in [1.165, 1.54) is 5.56 Å². The minimum Gasteiger partial charge on any atom is -0.496 e. The first kappa shape index (κ1) is 12.1. The molecule has 17 heavy (non-hydrogen) atoms. The standard InChI is InChI=1S/C12H14BrN3O/c1-8(5-10-7-14-16-15-10)9-3-4-12(17-2)11(13)6-9/h3-4,6-8H,5H2,1-2H3,(H,14,15,16). The van der Waals surface area contributed by atoms with Crippen molar-refractivity contribution in [1.82, 2.24) is 15.4 Å². The van der Waals surface area contributed by atoms with Gasteiger partial charge in [0, 0.05) is 0 Å². The van der Waals surface area contributed by atoms with Gasteiger partial charge in [-0.15, -0.1) is 0 Å². The molecule has 0 spiro atoms. The zero-order chi connectivity index (χ0) is 12.3. The second kappa shape index (κ2) is 5.31. The average molecular weight is 296 g/mol. The number of halogens is 1. The molecule has 0 fully saturated rings. The van der Waals surface area contributed by atoms with Crippen LogP contribution < -0.4 is 4.74 Å². The van der Waals surface area contributed by atoms with Gasteiger partial charge in [-0.2, -0.15) is 15.4 Å². The van der Waals surface area contributed by atoms with Crippen LogP contribution in [0.4, 0.5) is 0 Å². The predicted molar refractivity (Wildman–Crippen MR) is 69.2 cm³/mol. The molecule has 4 nitrogen and oxygen atoms in total. The fourth-order valence-electron chi connectivity index (χ4n) is 1.74. The fraction of sp³-hybridized carbons (Fsp3) is 0.333. The number of benzene rings is 1. The van der Waals surface area contributed by atoms with Crippen LogP contribution in [-0.2, 0) is 6.42 Å². The van der Waals surface area contributed by atoms with Gasteiger partial charge in [0.1, 0.15) is 5.75 Å². The third kappa shape index (κ3) is 2.85. The molecule has 1 unspecified atom stereocenters. The van der Waals surface area contributed by atoms with Gasteiger partial charge in [-0.05, 0) is 46.0 Å². The number of rotatable bonds is 4. The monoisotopic (exact) mass is 295 g/mol. The third-order valence-corrected chi connectivity index (χ3v) is 3.34. The normalized spacial score (nSPS) is 12.4. The Morgan fingerprint density at radius 3 is 2.88 bits per heavy atom. The summed E-state index contributed by atoms with van der Waals surface area (Å²) in [5.74, 6) is 1.24. The lowest BCUT2D eigenvalue weighted by molar-refractivity contribution is 0.412. The van der Waals surface area contributed by atoms with Crippen molar-refractivity contribution in [2.45, 2.75) is 19.3 Å². The molecule has 0 radical (unpaired) electrons. The Morgan fingerprint density at radius 1 is 1.47 bits per heavy atom. The smallest absolute Gasteiger partial charge is 0.133 e. The number of hydrogen-bond acceptors (Lipinski definition) is 3. The molecule has 0 aliphatic carbocycles. The van der Waals surface area contributed by atoms with Gasteiger partial charge < -0.3 is 4.74 Å². The summed E-state index contributed by atoms with van der Waals surface area (Å²) in [5, 5.41) is 10.5. The molecule has 0 saturated heterocycles. The molecular formula is C12H14BrN3O. The molecule has 0 aliphatic rings. The van der Waals surface area contributed by atoms with Gasteiger partial charge in [-0.1, -0.05) is 13.0 Å². The number of nitrogens with one attached hydrogen (secondary N) is 1. The van der Waals surface area contributed by atoms with Crippen molar-refractivity contribution < 1.29 is 4.74 Å². The highest BCUT2D eigenvalue weighted by Crippen LogP contribution is 2.29. The van der Waals surface area contributed by atoms with E-state index < -0.39 is 0 Å². The van der Waals surface area contributed by atoms with Gasteiger partial charge in [0.25, 0.3) is 0 Å². The van der Waals surface area contributed by atoms with Gasteiger partial charge in [0.2, 0.25) is 0 Å². The van der Waals surface area contributed by atoms with Crippen molar-refractivity contribution in [3.8, 4) is 5.75 Å². The number of methoxy groups -OCH3 is 1. The van der Waals surface area contributed by atoms with E-state index in [1.54, 1.807) is 13.3 Å². The van der Waals surface area contributed by atoms with Crippen LogP contribution in [0.5, 0.6) is 5.75 Å². The molecule has 0 amide bonds. The molecule has 2 aromatic rings. The van der Waals surface area contributed by atoms with Crippen LogP contribution in [-0.4, -0.2) is 22.5 Å². The van der Waals surface area contributed by atoms with Crippen LogP contribution in [0, 0.1) is 0 Å². The Hall–Kier alpha value is -1.36. The summed E-state index contributed by atoms with van der Waals surface area (Å²) >= 11 is 3.49. The number of nitrogens with zero attached hydrogens (tertiary/aromatic N) is 2. The van der Waals surface area contributed by atoms with E-state index in [0.717, 1.165) is 22.3 Å². The van der Waals surface area contributed by atoms with Gasteiger partial charge >= 0.3 is 0 Å². The second-order valence-corrected chi connectivity index (χ2v) is 4.81. The molecule has 2 rings (SSSR count). The van der Waals surface area contributed by atoms with Gasteiger partial charge in [-0.3, -0.25) is 0 Å². The van der Waals surface area contributed by atoms with E-state index in [0.29, 0.717) is 5.92 Å². The van der Waals surface area contributed by atoms with Crippen LogP contribution in [0.2, 0.25) is 0 Å². The predicted octanol–water partition coefficient (Wildman–Crippen LogP) is 2.92. The molecular weight excluding hydrogens is 282 g/mol. The van der Waals surface area contributed by atoms with E-state index >= 15 is 0 Å². The number of ether oxygens (including phenoxy) is 1. The number of aromatic nitrogens is 3. The number of H-pyrrole nitrogens is 1. The summed E-state index contributed by atoms with van der Waals surface area (Å²) in [7, 11) is 1.67. The minimum absolute atomic E-state index is 0.391. The molecule has 0 aliphatic heterocycles. The quantitative estimate of drug-likeness (QED) is 0.943. The van der Waals surface area contributed by atoms with Crippen molar-refractivity contribution in [2.24, 2.45) is 0 Å². The van der Waals surface area contributed by atoms with Crippen LogP contribution in [0.25, 0.3) is 0 Å². The molecule has 1 N–H and O–H groups in total. The lowest BCUT2D eigenvalue weighted by atomic mass is 9.96. The van der Waals surface area contributed by atoms with E-state index in [1.807, 2.05) is 6.07 Å². The van der Waals surface area contributed by atoms with Gasteiger partial charge in [0.05, 0.1) is 23.5 Å². The SMILES string of the molecule is COc1ccc(C(C)Cc2cn[nH]n2)cc1Br. The number of hydrogen-bond donors (Lipinski definition) is 1. The Balaban J connectivity index is 2.14. The highest BCUT2D eigenvalue weighted by Gasteiger charge is 2.10. The maximum Gasteiger partial charge on any atom is 0.133 e. The molecule has 1 aromatic carbocycles. The third-order valence-electron chi connectivity index (χ3n) is 2.73. The van der Waals surface area contributed by atoms with Crippen molar-refractivity contribution in [1.29, 1.82) is 0 Å². The van der Waals surface area contributed by atoms with Crippen LogP contribution in [0.15, 0.2) is 28.9 Å². The van der Waals surface area contributed by atoms with E-state index in [-0.39, 0.29) is 0 Å². The van der Waals surface area contributed by atoms with Crippen molar-refractivity contribution in [3.63, 3.8) is 0 Å². The number of aromatic amines is 1. The average Bonchev–Trinajstić information content (AvgIpc) is 2.81. The zero-order valence-electron chi connectivity index (χ0n) is 9.77. The van der Waals surface area contributed by atoms with E-state index in [4.69, 9.17) is 4.74 Å². The zero-order valence-corrected chi connectivity index (χ0v) is 11.4. The van der Waals surface area contributed by atoms with E-state index in [2.05, 4.69) is 50.4 Å². The summed E-state index contributed by atoms with van der Waals surface area (Å²) in [4.78, 5) is 0. The first-order valence-corrected chi connectivity index (χ1v) is 6.18. The summed E-state index contributed by atoms with van der Waals surface area (Å²) in [6.07, 6.45) is 2.63. The summed E-state index contributed by atoms with van der Waals surface area (Å²) in [5.41, 5.74) is 2.23. The first-order valence-electron chi connectivity index (χ1n) is 5.38. The van der Waals surface area contributed by atoms with Crippen LogP contribution >= 0.6 is 15.9 Å². The van der Waals surface area contributed by atoms with Gasteiger partial charge in [0.15, 0.2) is 0 Å². The second-order valence-electron chi connectivity index (χ2n) is 3.96. The summed E-state index contributed by atoms with van der Waals surface area (Å²) in [6, 6.07) is 6.14. The van der Waals surface area contributed by atoms with Crippen LogP contribution in [0.3, 0.4) is 0 Å². The summed E-state index contributed by atoms with van der Waals surface area (Å²) < 4.78 is 6.19. The van der Waals surface area contributed by atoms with E-state index in [9.17, 15) is 0 Å². The van der Waals surface area contributed by atoms with Crippen LogP contribution in [0.1, 0.15) is 24.1 Å². The highest BCUT2D eigenvalue weighted by atomic mass is 79.9.